The lowest BCUT2D eigenvalue weighted by atomic mass is 10.1. The normalized spacial score (nSPS) is 21.4. The van der Waals surface area contributed by atoms with Crippen molar-refractivity contribution in [1.82, 2.24) is 25.0 Å². The van der Waals surface area contributed by atoms with Gasteiger partial charge in [0.1, 0.15) is 12.4 Å². The molecule has 1 N–H and O–H groups in total. The maximum absolute atomic E-state index is 12.7. The van der Waals surface area contributed by atoms with Crippen molar-refractivity contribution in [3.05, 3.63) is 36.2 Å². The molecule has 0 aliphatic carbocycles. The lowest BCUT2D eigenvalue weighted by Crippen LogP contribution is -2.64. The van der Waals surface area contributed by atoms with Crippen molar-refractivity contribution < 1.29 is 4.79 Å². The molecule has 2 aliphatic heterocycles. The first kappa shape index (κ1) is 14.8. The van der Waals surface area contributed by atoms with Crippen LogP contribution in [0.5, 0.6) is 0 Å². The lowest BCUT2D eigenvalue weighted by molar-refractivity contribution is -0.126. The molecule has 1 atom stereocenters. The summed E-state index contributed by atoms with van der Waals surface area (Å²) in [6.07, 6.45) is 1.57. The first-order chi connectivity index (χ1) is 11.8. The Morgan fingerprint density at radius 1 is 1.29 bits per heavy atom. The van der Waals surface area contributed by atoms with Crippen molar-refractivity contribution in [3.63, 3.8) is 0 Å². The molecule has 1 aromatic heterocycles. The standard InChI is InChI=1S/C16H17N7O/c17-9-12-2-1-3-13(8-12)23-11-19-16(20-23)22-7-6-21-5-4-18-10-14(21)15(22)24/h1-3,8,11,14,18H,4-7,10H2/t14-/m1/s1. The lowest BCUT2D eigenvalue weighted by Gasteiger charge is -2.42. The van der Waals surface area contributed by atoms with E-state index in [-0.39, 0.29) is 11.9 Å². The second kappa shape index (κ2) is 6.03. The number of anilines is 1. The predicted octanol–water partition coefficient (Wildman–Crippen LogP) is -0.241. The highest BCUT2D eigenvalue weighted by atomic mass is 16.2. The number of rotatable bonds is 2. The number of aromatic nitrogens is 3. The van der Waals surface area contributed by atoms with E-state index in [4.69, 9.17) is 5.26 Å². The van der Waals surface area contributed by atoms with Gasteiger partial charge >= 0.3 is 0 Å². The van der Waals surface area contributed by atoms with Crippen molar-refractivity contribution >= 4 is 11.9 Å². The first-order valence-electron chi connectivity index (χ1n) is 7.94. The van der Waals surface area contributed by atoms with Crippen LogP contribution in [-0.4, -0.2) is 64.3 Å². The maximum Gasteiger partial charge on any atom is 0.251 e. The van der Waals surface area contributed by atoms with Gasteiger partial charge in [-0.15, -0.1) is 5.10 Å². The summed E-state index contributed by atoms with van der Waals surface area (Å²) < 4.78 is 1.59. The highest BCUT2D eigenvalue weighted by molar-refractivity contribution is 5.96. The molecular weight excluding hydrogens is 306 g/mol. The van der Waals surface area contributed by atoms with Crippen molar-refractivity contribution in [1.29, 1.82) is 5.26 Å². The molecule has 0 saturated carbocycles. The number of hydrogen-bond donors (Lipinski definition) is 1. The zero-order valence-electron chi connectivity index (χ0n) is 13.1. The van der Waals surface area contributed by atoms with Crippen LogP contribution in [0.2, 0.25) is 0 Å². The molecule has 0 bridgehead atoms. The van der Waals surface area contributed by atoms with Crippen molar-refractivity contribution in [2.45, 2.75) is 6.04 Å². The molecule has 8 heteroatoms. The van der Waals surface area contributed by atoms with Gasteiger partial charge in [-0.3, -0.25) is 14.6 Å². The third-order valence-electron chi connectivity index (χ3n) is 4.48. The van der Waals surface area contributed by atoms with Gasteiger partial charge in [0.15, 0.2) is 0 Å². The van der Waals surface area contributed by atoms with E-state index in [1.807, 2.05) is 6.07 Å². The molecule has 0 spiro atoms. The van der Waals surface area contributed by atoms with Gasteiger partial charge in [0.05, 0.1) is 17.3 Å². The van der Waals surface area contributed by atoms with Crippen LogP contribution in [0.15, 0.2) is 30.6 Å². The number of nitriles is 1. The van der Waals surface area contributed by atoms with E-state index in [1.54, 1.807) is 34.1 Å². The van der Waals surface area contributed by atoms with Gasteiger partial charge in [-0.05, 0) is 18.2 Å². The molecular formula is C16H17N7O. The van der Waals surface area contributed by atoms with Crippen LogP contribution >= 0.6 is 0 Å². The largest absolute Gasteiger partial charge is 0.313 e. The van der Waals surface area contributed by atoms with E-state index < -0.39 is 0 Å². The van der Waals surface area contributed by atoms with E-state index in [2.05, 4.69) is 26.4 Å². The zero-order chi connectivity index (χ0) is 16.5. The zero-order valence-corrected chi connectivity index (χ0v) is 13.1. The smallest absolute Gasteiger partial charge is 0.251 e. The SMILES string of the molecule is N#Cc1cccc(-n2cnc(N3CCN4CCNC[C@@H]4C3=O)n2)c1. The fourth-order valence-corrected chi connectivity index (χ4v) is 3.19. The van der Waals surface area contributed by atoms with Crippen molar-refractivity contribution in [3.8, 4) is 11.8 Å². The molecule has 2 aliphatic rings. The van der Waals surface area contributed by atoms with Crippen molar-refractivity contribution in [2.24, 2.45) is 0 Å². The van der Waals surface area contributed by atoms with Crippen LogP contribution in [0.4, 0.5) is 5.95 Å². The Kier molecular flexibility index (Phi) is 3.72. The minimum atomic E-state index is -0.138. The van der Waals surface area contributed by atoms with Gasteiger partial charge in [-0.1, -0.05) is 6.07 Å². The minimum absolute atomic E-state index is 0.0389. The minimum Gasteiger partial charge on any atom is -0.313 e. The van der Waals surface area contributed by atoms with E-state index in [1.165, 1.54) is 0 Å². The Balaban J connectivity index is 1.58. The summed E-state index contributed by atoms with van der Waals surface area (Å²) in [6.45, 7) is 3.91. The molecule has 3 heterocycles. The van der Waals surface area contributed by atoms with Gasteiger partial charge in [0.25, 0.3) is 5.95 Å². The maximum atomic E-state index is 12.7. The molecule has 24 heavy (non-hydrogen) atoms. The third-order valence-corrected chi connectivity index (χ3v) is 4.48. The van der Waals surface area contributed by atoms with Gasteiger partial charge < -0.3 is 5.32 Å². The summed E-state index contributed by atoms with van der Waals surface area (Å²) in [5, 5.41) is 16.7. The number of nitrogens with one attached hydrogen (secondary N) is 1. The topological polar surface area (TPSA) is 90.1 Å². The van der Waals surface area contributed by atoms with E-state index in [9.17, 15) is 4.79 Å². The quantitative estimate of drug-likeness (QED) is 0.820. The Labute approximate surface area is 139 Å². The fourth-order valence-electron chi connectivity index (χ4n) is 3.19. The number of carbonyl (C=O) groups is 1. The average Bonchev–Trinajstić information content (AvgIpc) is 3.12. The predicted molar refractivity (Wildman–Crippen MR) is 86.7 cm³/mol. The molecule has 4 rings (SSSR count). The number of piperazine rings is 2. The van der Waals surface area contributed by atoms with Crippen molar-refractivity contribution in [2.75, 3.05) is 37.6 Å². The third kappa shape index (κ3) is 2.54. The van der Waals surface area contributed by atoms with Crippen LogP contribution < -0.4 is 10.2 Å². The summed E-state index contributed by atoms with van der Waals surface area (Å²) in [6, 6.07) is 9.09. The van der Waals surface area contributed by atoms with E-state index in [0.717, 1.165) is 25.3 Å². The molecule has 1 aromatic carbocycles. The van der Waals surface area contributed by atoms with E-state index >= 15 is 0 Å². The molecule has 0 unspecified atom stereocenters. The molecule has 2 saturated heterocycles. The summed E-state index contributed by atoms with van der Waals surface area (Å²) in [5.41, 5.74) is 1.31. The highest BCUT2D eigenvalue weighted by Gasteiger charge is 2.37. The number of nitrogens with zero attached hydrogens (tertiary/aromatic N) is 6. The number of fused-ring (bicyclic) bond motifs is 1. The molecule has 1 amide bonds. The Hall–Kier alpha value is -2.76. The van der Waals surface area contributed by atoms with Crippen LogP contribution in [0.3, 0.4) is 0 Å². The summed E-state index contributed by atoms with van der Waals surface area (Å²) >= 11 is 0. The monoisotopic (exact) mass is 323 g/mol. The summed E-state index contributed by atoms with van der Waals surface area (Å²) in [4.78, 5) is 20.9. The van der Waals surface area contributed by atoms with Gasteiger partial charge in [-0.25, -0.2) is 4.68 Å². The van der Waals surface area contributed by atoms with E-state index in [0.29, 0.717) is 24.6 Å². The number of carbonyl (C=O) groups excluding carboxylic acids is 1. The second-order valence-electron chi connectivity index (χ2n) is 5.90. The number of benzene rings is 1. The molecule has 122 valence electrons. The van der Waals surface area contributed by atoms with Crippen LogP contribution in [0.1, 0.15) is 5.56 Å². The molecule has 0 radical (unpaired) electrons. The summed E-state index contributed by atoms with van der Waals surface area (Å²) in [5.74, 6) is 0.449. The number of hydrogen-bond acceptors (Lipinski definition) is 6. The van der Waals surface area contributed by atoms with Crippen LogP contribution in [0.25, 0.3) is 5.69 Å². The highest BCUT2D eigenvalue weighted by Crippen LogP contribution is 2.19. The Bertz CT molecular complexity index is 809. The Morgan fingerprint density at radius 2 is 2.21 bits per heavy atom. The van der Waals surface area contributed by atoms with Gasteiger partial charge in [0.2, 0.25) is 5.91 Å². The van der Waals surface area contributed by atoms with Crippen LogP contribution in [-0.2, 0) is 4.79 Å². The summed E-state index contributed by atoms with van der Waals surface area (Å²) in [7, 11) is 0. The van der Waals surface area contributed by atoms with Crippen LogP contribution in [0, 0.1) is 11.3 Å². The fraction of sp³-hybridized carbons (Fsp3) is 0.375. The molecule has 8 nitrogen and oxygen atoms in total. The molecule has 2 aromatic rings. The second-order valence-corrected chi connectivity index (χ2v) is 5.90. The number of amides is 1. The first-order valence-corrected chi connectivity index (χ1v) is 7.94. The Morgan fingerprint density at radius 3 is 3.08 bits per heavy atom. The van der Waals surface area contributed by atoms with Gasteiger partial charge in [-0.2, -0.15) is 10.2 Å². The van der Waals surface area contributed by atoms with Gasteiger partial charge in [0, 0.05) is 32.7 Å². The molecule has 2 fully saturated rings. The average molecular weight is 323 g/mol.